The van der Waals surface area contributed by atoms with Crippen LogP contribution >= 0.6 is 35.3 Å². The van der Waals surface area contributed by atoms with E-state index in [1.54, 1.807) is 7.11 Å². The summed E-state index contributed by atoms with van der Waals surface area (Å²) < 4.78 is 5.14. The molecule has 1 aromatic heterocycles. The molecule has 0 unspecified atom stereocenters. The number of methoxy groups -OCH3 is 1. The number of aliphatic imine (C=N–C) groups is 1. The molecule has 25 heavy (non-hydrogen) atoms. The van der Waals surface area contributed by atoms with Crippen molar-refractivity contribution in [1.29, 1.82) is 0 Å². The third-order valence-corrected chi connectivity index (χ3v) is 4.65. The Morgan fingerprint density at radius 2 is 1.92 bits per heavy atom. The summed E-state index contributed by atoms with van der Waals surface area (Å²) in [6.07, 6.45) is 1.05. The SMILES string of the molecule is CCNC(=NCc1ccc(COC)cc1)N(C)CCc1cccs1.I. The highest BCUT2D eigenvalue weighted by atomic mass is 127. The van der Waals surface area contributed by atoms with E-state index in [0.29, 0.717) is 13.2 Å². The van der Waals surface area contributed by atoms with E-state index < -0.39 is 0 Å². The lowest BCUT2D eigenvalue weighted by molar-refractivity contribution is 0.185. The zero-order chi connectivity index (χ0) is 17.2. The minimum Gasteiger partial charge on any atom is -0.380 e. The molecule has 2 rings (SSSR count). The van der Waals surface area contributed by atoms with Crippen molar-refractivity contribution in [3.8, 4) is 0 Å². The summed E-state index contributed by atoms with van der Waals surface area (Å²) in [4.78, 5) is 8.37. The van der Waals surface area contributed by atoms with Crippen molar-refractivity contribution >= 4 is 41.3 Å². The molecule has 0 atom stereocenters. The van der Waals surface area contributed by atoms with Gasteiger partial charge in [0.25, 0.3) is 0 Å². The van der Waals surface area contributed by atoms with Crippen LogP contribution in [0.25, 0.3) is 0 Å². The van der Waals surface area contributed by atoms with Gasteiger partial charge in [0.05, 0.1) is 13.2 Å². The van der Waals surface area contributed by atoms with Gasteiger partial charge in [-0.05, 0) is 35.9 Å². The van der Waals surface area contributed by atoms with E-state index in [4.69, 9.17) is 9.73 Å². The zero-order valence-corrected chi connectivity index (χ0v) is 18.3. The van der Waals surface area contributed by atoms with Crippen LogP contribution in [0.3, 0.4) is 0 Å². The zero-order valence-electron chi connectivity index (χ0n) is 15.2. The average molecular weight is 473 g/mol. The first-order valence-electron chi connectivity index (χ1n) is 8.31. The number of hydrogen-bond acceptors (Lipinski definition) is 3. The maximum Gasteiger partial charge on any atom is 0.193 e. The second-order valence-corrected chi connectivity index (χ2v) is 6.70. The number of hydrogen-bond donors (Lipinski definition) is 1. The standard InChI is InChI=1S/C19H27N3OS.HI/c1-4-20-19(22(2)12-11-18-6-5-13-24-18)21-14-16-7-9-17(10-8-16)15-23-3;/h5-10,13H,4,11-12,14-15H2,1-3H3,(H,20,21);1H. The number of nitrogens with zero attached hydrogens (tertiary/aromatic N) is 2. The predicted octanol–water partition coefficient (Wildman–Crippen LogP) is 4.15. The number of likely N-dealkylation sites (N-methyl/N-ethyl adjacent to an activating group) is 1. The van der Waals surface area contributed by atoms with Crippen LogP contribution in [0.2, 0.25) is 0 Å². The largest absolute Gasteiger partial charge is 0.380 e. The monoisotopic (exact) mass is 473 g/mol. The van der Waals surface area contributed by atoms with E-state index in [0.717, 1.165) is 25.5 Å². The molecular formula is C19H28IN3OS. The van der Waals surface area contributed by atoms with Gasteiger partial charge in [-0.25, -0.2) is 4.99 Å². The van der Waals surface area contributed by atoms with Gasteiger partial charge in [0.1, 0.15) is 0 Å². The molecule has 0 radical (unpaired) electrons. The van der Waals surface area contributed by atoms with Crippen molar-refractivity contribution in [1.82, 2.24) is 10.2 Å². The summed E-state index contributed by atoms with van der Waals surface area (Å²) >= 11 is 1.81. The molecule has 0 aliphatic heterocycles. The number of guanidine groups is 1. The van der Waals surface area contributed by atoms with Crippen LogP contribution < -0.4 is 5.32 Å². The van der Waals surface area contributed by atoms with E-state index in [9.17, 15) is 0 Å². The Morgan fingerprint density at radius 3 is 2.52 bits per heavy atom. The quantitative estimate of drug-likeness (QED) is 0.356. The van der Waals surface area contributed by atoms with E-state index in [1.165, 1.54) is 16.0 Å². The van der Waals surface area contributed by atoms with Gasteiger partial charge >= 0.3 is 0 Å². The Kier molecular flexibility index (Phi) is 10.8. The van der Waals surface area contributed by atoms with Crippen LogP contribution in [0, 0.1) is 0 Å². The number of thiophene rings is 1. The van der Waals surface area contributed by atoms with Crippen molar-refractivity contribution < 1.29 is 4.74 Å². The van der Waals surface area contributed by atoms with Gasteiger partial charge in [-0.15, -0.1) is 35.3 Å². The van der Waals surface area contributed by atoms with Gasteiger partial charge in [0.2, 0.25) is 0 Å². The lowest BCUT2D eigenvalue weighted by Crippen LogP contribution is -2.39. The van der Waals surface area contributed by atoms with Gasteiger partial charge in [-0.2, -0.15) is 0 Å². The van der Waals surface area contributed by atoms with Crippen molar-refractivity contribution in [2.45, 2.75) is 26.5 Å². The molecule has 0 saturated carbocycles. The molecule has 0 amide bonds. The maximum absolute atomic E-state index is 5.14. The third-order valence-electron chi connectivity index (χ3n) is 3.72. The van der Waals surface area contributed by atoms with E-state index in [-0.39, 0.29) is 24.0 Å². The highest BCUT2D eigenvalue weighted by molar-refractivity contribution is 14.0. The van der Waals surface area contributed by atoms with E-state index in [2.05, 4.69) is 66.0 Å². The number of benzene rings is 1. The van der Waals surface area contributed by atoms with Gasteiger partial charge in [-0.1, -0.05) is 30.3 Å². The summed E-state index contributed by atoms with van der Waals surface area (Å²) in [7, 11) is 3.81. The summed E-state index contributed by atoms with van der Waals surface area (Å²) in [5, 5.41) is 5.50. The third kappa shape index (κ3) is 7.75. The topological polar surface area (TPSA) is 36.9 Å². The number of rotatable bonds is 8. The first-order chi connectivity index (χ1) is 11.7. The lowest BCUT2D eigenvalue weighted by Gasteiger charge is -2.21. The highest BCUT2D eigenvalue weighted by Gasteiger charge is 2.06. The Labute approximate surface area is 172 Å². The van der Waals surface area contributed by atoms with Crippen LogP contribution in [0.4, 0.5) is 0 Å². The minimum absolute atomic E-state index is 0. The van der Waals surface area contributed by atoms with Crippen LogP contribution in [0.1, 0.15) is 22.9 Å². The molecule has 1 heterocycles. The first kappa shape index (κ1) is 21.9. The fourth-order valence-electron chi connectivity index (χ4n) is 2.38. The second kappa shape index (κ2) is 12.3. The molecular weight excluding hydrogens is 445 g/mol. The van der Waals surface area contributed by atoms with Crippen LogP contribution in [-0.2, 0) is 24.3 Å². The molecule has 0 spiro atoms. The first-order valence-corrected chi connectivity index (χ1v) is 9.19. The van der Waals surface area contributed by atoms with Gasteiger partial charge in [0, 0.05) is 32.1 Å². The van der Waals surface area contributed by atoms with Crippen LogP contribution in [0.15, 0.2) is 46.8 Å². The Morgan fingerprint density at radius 1 is 1.20 bits per heavy atom. The van der Waals surface area contributed by atoms with E-state index in [1.807, 2.05) is 11.3 Å². The molecule has 1 aromatic carbocycles. The average Bonchev–Trinajstić information content (AvgIpc) is 3.11. The van der Waals surface area contributed by atoms with Gasteiger partial charge < -0.3 is 15.0 Å². The van der Waals surface area contributed by atoms with Gasteiger partial charge in [-0.3, -0.25) is 0 Å². The second-order valence-electron chi connectivity index (χ2n) is 5.67. The molecule has 0 saturated heterocycles. The molecule has 6 heteroatoms. The summed E-state index contributed by atoms with van der Waals surface area (Å²) in [5.41, 5.74) is 2.39. The molecule has 2 aromatic rings. The highest BCUT2D eigenvalue weighted by Crippen LogP contribution is 2.10. The Bertz CT molecular complexity index is 614. The van der Waals surface area contributed by atoms with Crippen LogP contribution in [-0.4, -0.2) is 38.1 Å². The summed E-state index contributed by atoms with van der Waals surface area (Å²) in [6, 6.07) is 12.7. The lowest BCUT2D eigenvalue weighted by atomic mass is 10.1. The maximum atomic E-state index is 5.14. The number of halogens is 1. The number of ether oxygens (including phenoxy) is 1. The van der Waals surface area contributed by atoms with Crippen molar-refractivity contribution in [2.24, 2.45) is 4.99 Å². The smallest absolute Gasteiger partial charge is 0.193 e. The van der Waals surface area contributed by atoms with E-state index >= 15 is 0 Å². The fourth-order valence-corrected chi connectivity index (χ4v) is 3.08. The normalized spacial score (nSPS) is 11.1. The molecule has 0 bridgehead atoms. The minimum atomic E-state index is 0. The summed E-state index contributed by atoms with van der Waals surface area (Å²) in [5.74, 6) is 0.954. The molecule has 1 N–H and O–H groups in total. The molecule has 138 valence electrons. The Balaban J connectivity index is 0.00000312. The predicted molar refractivity (Wildman–Crippen MR) is 118 cm³/mol. The Hall–Kier alpha value is -1.12. The molecule has 4 nitrogen and oxygen atoms in total. The fraction of sp³-hybridized carbons (Fsp3) is 0.421. The van der Waals surface area contributed by atoms with Crippen molar-refractivity contribution in [3.05, 3.63) is 57.8 Å². The van der Waals surface area contributed by atoms with Gasteiger partial charge in [0.15, 0.2) is 5.96 Å². The molecule has 0 aliphatic rings. The molecule has 0 aliphatic carbocycles. The molecule has 0 fully saturated rings. The number of nitrogens with one attached hydrogen (secondary N) is 1. The van der Waals surface area contributed by atoms with Crippen molar-refractivity contribution in [3.63, 3.8) is 0 Å². The van der Waals surface area contributed by atoms with Crippen LogP contribution in [0.5, 0.6) is 0 Å². The van der Waals surface area contributed by atoms with Crippen molar-refractivity contribution in [2.75, 3.05) is 27.2 Å². The summed E-state index contributed by atoms with van der Waals surface area (Å²) in [6.45, 7) is 5.26.